The average Bonchev–Trinajstić information content (AvgIpc) is 2.14. The van der Waals surface area contributed by atoms with Gasteiger partial charge in [-0.3, -0.25) is 4.52 Å². The van der Waals surface area contributed by atoms with Gasteiger partial charge >= 0.3 is 7.82 Å². The van der Waals surface area contributed by atoms with Crippen molar-refractivity contribution in [2.24, 2.45) is 0 Å². The average molecular weight is 277 g/mol. The molecule has 0 saturated carbocycles. The zero-order valence-corrected chi connectivity index (χ0v) is 14.5. The fourth-order valence-electron chi connectivity index (χ4n) is 1.42. The Morgan fingerprint density at radius 1 is 0.938 bits per heavy atom. The molecule has 0 bridgehead atoms. The molecule has 0 rings (SSSR count). The summed E-state index contributed by atoms with van der Waals surface area (Å²) in [5.41, 5.74) is 0. The molecule has 6 heteroatoms. The third kappa shape index (κ3) is 18.1. The number of phosphoric acid groups is 1. The number of hydrogen-bond donors (Lipinski definition) is 2. The van der Waals surface area contributed by atoms with Crippen molar-refractivity contribution in [3.8, 4) is 0 Å². The van der Waals surface area contributed by atoms with Gasteiger partial charge in [0.05, 0.1) is 6.61 Å². The van der Waals surface area contributed by atoms with E-state index in [-0.39, 0.29) is 58.0 Å². The van der Waals surface area contributed by atoms with E-state index in [1.165, 1.54) is 32.1 Å². The largest absolute Gasteiger partial charge is 0.469 e. The molecule has 0 saturated heterocycles. The van der Waals surface area contributed by atoms with Gasteiger partial charge in [0, 0.05) is 51.4 Å². The smallest absolute Gasteiger partial charge is 0.303 e. The van der Waals surface area contributed by atoms with Gasteiger partial charge in [0.25, 0.3) is 0 Å². The van der Waals surface area contributed by atoms with Gasteiger partial charge in [-0.2, -0.15) is 0 Å². The topological polar surface area (TPSA) is 66.8 Å². The Morgan fingerprint density at radius 2 is 1.38 bits per heavy atom. The standard InChI is InChI=1S/C10H23O4P.K/c1-2-3-4-5-6-7-8-9-10-14-15(11,12)13;/h2-10H2,1H3,(H2,11,12,13);. The van der Waals surface area contributed by atoms with Crippen molar-refractivity contribution < 1.29 is 18.9 Å². The first-order chi connectivity index (χ1) is 7.06. The molecule has 0 aromatic rings. The van der Waals surface area contributed by atoms with Crippen LogP contribution in [0.1, 0.15) is 58.3 Å². The van der Waals surface area contributed by atoms with Crippen molar-refractivity contribution in [2.45, 2.75) is 58.3 Å². The Morgan fingerprint density at radius 3 is 1.81 bits per heavy atom. The quantitative estimate of drug-likeness (QED) is 0.366. The van der Waals surface area contributed by atoms with Gasteiger partial charge in [-0.15, -0.1) is 0 Å². The monoisotopic (exact) mass is 277 g/mol. The normalized spacial score (nSPS) is 11.2. The Labute approximate surface area is 141 Å². The van der Waals surface area contributed by atoms with Crippen LogP contribution in [-0.4, -0.2) is 67.8 Å². The summed E-state index contributed by atoms with van der Waals surface area (Å²) in [5.74, 6) is 0. The predicted molar refractivity (Wildman–Crippen MR) is 66.4 cm³/mol. The van der Waals surface area contributed by atoms with Crippen molar-refractivity contribution >= 4 is 59.2 Å². The molecule has 0 amide bonds. The summed E-state index contributed by atoms with van der Waals surface area (Å²) >= 11 is 0. The van der Waals surface area contributed by atoms with Crippen LogP contribution in [0.3, 0.4) is 0 Å². The van der Waals surface area contributed by atoms with E-state index in [1.807, 2.05) is 0 Å². The van der Waals surface area contributed by atoms with Crippen LogP contribution < -0.4 is 0 Å². The summed E-state index contributed by atoms with van der Waals surface area (Å²) in [4.78, 5) is 16.8. The molecule has 1 radical (unpaired) electrons. The zero-order chi connectivity index (χ0) is 11.6. The molecular formula is C10H23KO4P. The molecule has 93 valence electrons. The summed E-state index contributed by atoms with van der Waals surface area (Å²) in [6, 6.07) is 0. The molecule has 0 aliphatic rings. The Bertz CT molecular complexity index is 184. The molecule has 0 aromatic heterocycles. The van der Waals surface area contributed by atoms with Crippen LogP contribution in [0.4, 0.5) is 0 Å². The second-order valence-corrected chi connectivity index (χ2v) is 5.04. The third-order valence-electron chi connectivity index (χ3n) is 2.26. The first-order valence-corrected chi connectivity index (χ1v) is 7.29. The predicted octanol–water partition coefficient (Wildman–Crippen LogP) is 2.86. The second kappa shape index (κ2) is 13.2. The van der Waals surface area contributed by atoms with Crippen LogP contribution in [0.15, 0.2) is 0 Å². The van der Waals surface area contributed by atoms with Gasteiger partial charge in [0.15, 0.2) is 0 Å². The van der Waals surface area contributed by atoms with Crippen molar-refractivity contribution in [3.63, 3.8) is 0 Å². The molecule has 0 aliphatic heterocycles. The number of hydrogen-bond acceptors (Lipinski definition) is 2. The van der Waals surface area contributed by atoms with Gasteiger partial charge in [-0.1, -0.05) is 51.9 Å². The summed E-state index contributed by atoms with van der Waals surface area (Å²) < 4.78 is 14.7. The molecule has 0 fully saturated rings. The van der Waals surface area contributed by atoms with Gasteiger partial charge in [0.1, 0.15) is 0 Å². The van der Waals surface area contributed by atoms with E-state index in [2.05, 4.69) is 11.4 Å². The van der Waals surface area contributed by atoms with Gasteiger partial charge in [0.2, 0.25) is 0 Å². The van der Waals surface area contributed by atoms with Crippen LogP contribution in [0.2, 0.25) is 0 Å². The molecular weight excluding hydrogens is 254 g/mol. The summed E-state index contributed by atoms with van der Waals surface area (Å²) in [7, 11) is -4.24. The molecule has 2 N–H and O–H groups in total. The zero-order valence-electron chi connectivity index (χ0n) is 10.5. The van der Waals surface area contributed by atoms with Gasteiger partial charge in [-0.25, -0.2) is 4.57 Å². The molecule has 0 unspecified atom stereocenters. The van der Waals surface area contributed by atoms with Crippen LogP contribution >= 0.6 is 7.82 Å². The minimum absolute atomic E-state index is 0. The van der Waals surface area contributed by atoms with Gasteiger partial charge < -0.3 is 9.79 Å². The molecule has 0 aromatic carbocycles. The first-order valence-electron chi connectivity index (χ1n) is 5.76. The van der Waals surface area contributed by atoms with E-state index in [1.54, 1.807) is 0 Å². The van der Waals surface area contributed by atoms with Crippen molar-refractivity contribution in [2.75, 3.05) is 6.61 Å². The van der Waals surface area contributed by atoms with E-state index < -0.39 is 7.82 Å². The van der Waals surface area contributed by atoms with E-state index in [0.29, 0.717) is 0 Å². The molecule has 16 heavy (non-hydrogen) atoms. The number of phosphoric ester groups is 1. The number of unbranched alkanes of at least 4 members (excludes halogenated alkanes) is 7. The molecule has 0 aliphatic carbocycles. The van der Waals surface area contributed by atoms with E-state index in [9.17, 15) is 4.57 Å². The van der Waals surface area contributed by atoms with Gasteiger partial charge in [-0.05, 0) is 6.42 Å². The van der Waals surface area contributed by atoms with Crippen molar-refractivity contribution in [3.05, 3.63) is 0 Å². The summed E-state index contributed by atoms with van der Waals surface area (Å²) in [5, 5.41) is 0. The SMILES string of the molecule is CCCCCCCCCCOP(=O)(O)O.[K]. The fraction of sp³-hybridized carbons (Fsp3) is 1.00. The fourth-order valence-corrected chi connectivity index (χ4v) is 1.79. The van der Waals surface area contributed by atoms with Crippen LogP contribution in [0.25, 0.3) is 0 Å². The third-order valence-corrected chi connectivity index (χ3v) is 2.78. The maximum atomic E-state index is 10.3. The summed E-state index contributed by atoms with van der Waals surface area (Å²) in [6.07, 6.45) is 9.22. The molecule has 0 atom stereocenters. The Kier molecular flexibility index (Phi) is 16.5. The van der Waals surface area contributed by atoms with E-state index in [0.717, 1.165) is 19.3 Å². The van der Waals surface area contributed by atoms with E-state index >= 15 is 0 Å². The minimum atomic E-state index is -4.24. The second-order valence-electron chi connectivity index (χ2n) is 3.80. The maximum absolute atomic E-state index is 10.3. The van der Waals surface area contributed by atoms with Crippen LogP contribution in [-0.2, 0) is 9.09 Å². The molecule has 4 nitrogen and oxygen atoms in total. The number of rotatable bonds is 10. The Balaban J connectivity index is 0. The summed E-state index contributed by atoms with van der Waals surface area (Å²) in [6.45, 7) is 2.36. The van der Waals surface area contributed by atoms with Crippen molar-refractivity contribution in [1.29, 1.82) is 0 Å². The minimum Gasteiger partial charge on any atom is -0.303 e. The molecule has 0 heterocycles. The van der Waals surface area contributed by atoms with E-state index in [4.69, 9.17) is 9.79 Å². The van der Waals surface area contributed by atoms with Crippen LogP contribution in [0.5, 0.6) is 0 Å². The molecule has 0 spiro atoms. The maximum Gasteiger partial charge on any atom is 0.469 e. The van der Waals surface area contributed by atoms with Crippen molar-refractivity contribution in [1.82, 2.24) is 0 Å². The van der Waals surface area contributed by atoms with Crippen LogP contribution in [0, 0.1) is 0 Å². The first kappa shape index (κ1) is 20.1. The Hall–Kier alpha value is 1.75.